The smallest absolute Gasteiger partial charge is 0.407 e. The lowest BCUT2D eigenvalue weighted by atomic mass is 9.95. The number of rotatable bonds is 9. The molecule has 6 heteroatoms. The molecule has 27 heavy (non-hydrogen) atoms. The van der Waals surface area contributed by atoms with Crippen LogP contribution in [0.3, 0.4) is 0 Å². The zero-order chi connectivity index (χ0) is 19.5. The fraction of sp³-hybridized carbons (Fsp3) is 0.286. The molecule has 2 amide bonds. The Bertz CT molecular complexity index is 842. The second-order valence-electron chi connectivity index (χ2n) is 5.95. The topological polar surface area (TPSA) is 91.2 Å². The van der Waals surface area contributed by atoms with Gasteiger partial charge in [-0.1, -0.05) is 48.5 Å². The van der Waals surface area contributed by atoms with Gasteiger partial charge in [0.25, 0.3) is 0 Å². The minimum Gasteiger partial charge on any atom is -0.449 e. The van der Waals surface area contributed by atoms with E-state index in [1.807, 2.05) is 48.5 Å². The van der Waals surface area contributed by atoms with Crippen LogP contribution in [0, 0.1) is 11.3 Å². The summed E-state index contributed by atoms with van der Waals surface area (Å²) in [7, 11) is 0. The molecule has 0 saturated heterocycles. The van der Waals surface area contributed by atoms with Crippen LogP contribution in [0.15, 0.2) is 55.1 Å². The number of hydrogen-bond acceptors (Lipinski definition) is 4. The quantitative estimate of drug-likeness (QED) is 0.527. The van der Waals surface area contributed by atoms with Crippen LogP contribution < -0.4 is 10.6 Å². The molecule has 2 rings (SSSR count). The Labute approximate surface area is 158 Å². The SMILES string of the molecule is C=CCCOC(=O)NCC(C(=O)NCCC#N)c1ccc2ccccc2c1. The molecule has 2 N–H and O–H groups in total. The van der Waals surface area contributed by atoms with E-state index < -0.39 is 12.0 Å². The van der Waals surface area contributed by atoms with Crippen LogP contribution in [-0.4, -0.2) is 31.7 Å². The van der Waals surface area contributed by atoms with Gasteiger partial charge in [0, 0.05) is 13.1 Å². The zero-order valence-electron chi connectivity index (χ0n) is 15.1. The molecule has 0 spiro atoms. The number of nitriles is 1. The predicted molar refractivity (Wildman–Crippen MR) is 104 cm³/mol. The van der Waals surface area contributed by atoms with E-state index in [2.05, 4.69) is 17.2 Å². The van der Waals surface area contributed by atoms with Crippen molar-refractivity contribution in [2.24, 2.45) is 0 Å². The Morgan fingerprint density at radius 2 is 1.96 bits per heavy atom. The number of nitrogens with one attached hydrogen (secondary N) is 2. The third kappa shape index (κ3) is 6.15. The molecule has 0 fully saturated rings. The first kappa shape index (κ1) is 20.0. The van der Waals surface area contributed by atoms with Crippen molar-refractivity contribution in [3.63, 3.8) is 0 Å². The van der Waals surface area contributed by atoms with Crippen LogP contribution in [0.2, 0.25) is 0 Å². The molecule has 0 heterocycles. The highest BCUT2D eigenvalue weighted by atomic mass is 16.5. The van der Waals surface area contributed by atoms with Gasteiger partial charge in [0.1, 0.15) is 0 Å². The number of fused-ring (bicyclic) bond motifs is 1. The maximum atomic E-state index is 12.6. The van der Waals surface area contributed by atoms with Crippen molar-refractivity contribution in [2.75, 3.05) is 19.7 Å². The van der Waals surface area contributed by atoms with Gasteiger partial charge >= 0.3 is 6.09 Å². The zero-order valence-corrected chi connectivity index (χ0v) is 15.1. The fourth-order valence-electron chi connectivity index (χ4n) is 2.62. The van der Waals surface area contributed by atoms with Crippen molar-refractivity contribution in [3.8, 4) is 6.07 Å². The van der Waals surface area contributed by atoms with Crippen LogP contribution >= 0.6 is 0 Å². The predicted octanol–water partition coefficient (Wildman–Crippen LogP) is 3.26. The first-order valence-electron chi connectivity index (χ1n) is 8.80. The summed E-state index contributed by atoms with van der Waals surface area (Å²) in [4.78, 5) is 24.4. The van der Waals surface area contributed by atoms with Crippen LogP contribution in [0.25, 0.3) is 10.8 Å². The Morgan fingerprint density at radius 1 is 1.19 bits per heavy atom. The van der Waals surface area contributed by atoms with Gasteiger partial charge < -0.3 is 15.4 Å². The monoisotopic (exact) mass is 365 g/mol. The van der Waals surface area contributed by atoms with Gasteiger partial charge in [-0.3, -0.25) is 4.79 Å². The maximum Gasteiger partial charge on any atom is 0.407 e. The maximum absolute atomic E-state index is 12.6. The third-order valence-corrected chi connectivity index (χ3v) is 4.03. The molecule has 1 unspecified atom stereocenters. The van der Waals surface area contributed by atoms with Gasteiger partial charge in [0.05, 0.1) is 25.0 Å². The Kier molecular flexibility index (Phi) is 7.86. The van der Waals surface area contributed by atoms with E-state index in [4.69, 9.17) is 10.00 Å². The van der Waals surface area contributed by atoms with E-state index in [1.165, 1.54) is 0 Å². The molecule has 0 saturated carbocycles. The van der Waals surface area contributed by atoms with Crippen LogP contribution in [0.1, 0.15) is 24.3 Å². The van der Waals surface area contributed by atoms with Crippen molar-refractivity contribution in [3.05, 3.63) is 60.7 Å². The highest BCUT2D eigenvalue weighted by molar-refractivity contribution is 5.88. The number of ether oxygens (including phenoxy) is 1. The lowest BCUT2D eigenvalue weighted by Crippen LogP contribution is -2.38. The van der Waals surface area contributed by atoms with E-state index in [0.29, 0.717) is 6.42 Å². The highest BCUT2D eigenvalue weighted by Crippen LogP contribution is 2.22. The molecule has 0 radical (unpaired) electrons. The number of nitrogens with zero attached hydrogens (tertiary/aromatic N) is 1. The van der Waals surface area contributed by atoms with Gasteiger partial charge in [0.2, 0.25) is 5.91 Å². The standard InChI is InChI=1S/C21H23N3O3/c1-2-3-13-27-21(26)24-15-19(20(25)23-12-6-11-22)18-10-9-16-7-4-5-8-17(16)14-18/h2,4-5,7-10,14,19H,1,3,6,12-13,15H2,(H,23,25)(H,24,26). The molecule has 0 aliphatic carbocycles. The summed E-state index contributed by atoms with van der Waals surface area (Å²) in [6.07, 6.45) is 1.88. The van der Waals surface area contributed by atoms with E-state index in [1.54, 1.807) is 6.08 Å². The minimum absolute atomic E-state index is 0.101. The molecule has 6 nitrogen and oxygen atoms in total. The molecular weight excluding hydrogens is 342 g/mol. The summed E-state index contributed by atoms with van der Waals surface area (Å²) in [5.74, 6) is -0.827. The van der Waals surface area contributed by atoms with Crippen LogP contribution in [-0.2, 0) is 9.53 Å². The largest absolute Gasteiger partial charge is 0.449 e. The minimum atomic E-state index is -0.583. The first-order valence-corrected chi connectivity index (χ1v) is 8.80. The molecule has 2 aromatic carbocycles. The molecule has 0 aliphatic heterocycles. The van der Waals surface area contributed by atoms with Gasteiger partial charge in [-0.15, -0.1) is 6.58 Å². The Morgan fingerprint density at radius 3 is 2.70 bits per heavy atom. The highest BCUT2D eigenvalue weighted by Gasteiger charge is 2.22. The van der Waals surface area contributed by atoms with Gasteiger partial charge in [-0.25, -0.2) is 4.79 Å². The molecule has 0 bridgehead atoms. The van der Waals surface area contributed by atoms with E-state index in [9.17, 15) is 9.59 Å². The number of hydrogen-bond donors (Lipinski definition) is 2. The first-order chi connectivity index (χ1) is 13.2. The van der Waals surface area contributed by atoms with Crippen LogP contribution in [0.4, 0.5) is 4.79 Å². The van der Waals surface area contributed by atoms with Crippen molar-refractivity contribution in [1.82, 2.24) is 10.6 Å². The number of amides is 2. The van der Waals surface area contributed by atoms with Crippen molar-refractivity contribution in [1.29, 1.82) is 5.26 Å². The third-order valence-electron chi connectivity index (χ3n) is 4.03. The number of carbonyl (C=O) groups is 2. The fourth-order valence-corrected chi connectivity index (χ4v) is 2.62. The summed E-state index contributed by atoms with van der Waals surface area (Å²) in [5, 5.41) is 16.1. The average Bonchev–Trinajstić information content (AvgIpc) is 2.68. The lowest BCUT2D eigenvalue weighted by Gasteiger charge is -2.18. The molecular formula is C21H23N3O3. The van der Waals surface area contributed by atoms with Crippen LogP contribution in [0.5, 0.6) is 0 Å². The molecule has 0 aliphatic rings. The summed E-state index contributed by atoms with van der Waals surface area (Å²) >= 11 is 0. The summed E-state index contributed by atoms with van der Waals surface area (Å²) in [5.41, 5.74) is 0.787. The normalized spacial score (nSPS) is 11.2. The summed E-state index contributed by atoms with van der Waals surface area (Å²) in [6, 6.07) is 15.6. The Balaban J connectivity index is 2.12. The number of carbonyl (C=O) groups excluding carboxylic acids is 2. The number of benzene rings is 2. The van der Waals surface area contributed by atoms with E-state index in [-0.39, 0.29) is 32.0 Å². The van der Waals surface area contributed by atoms with Crippen molar-refractivity contribution >= 4 is 22.8 Å². The Hall–Kier alpha value is -3.33. The van der Waals surface area contributed by atoms with E-state index >= 15 is 0 Å². The van der Waals surface area contributed by atoms with Crippen molar-refractivity contribution < 1.29 is 14.3 Å². The second kappa shape index (κ2) is 10.6. The number of alkyl carbamates (subject to hydrolysis) is 1. The molecule has 0 aromatic heterocycles. The lowest BCUT2D eigenvalue weighted by molar-refractivity contribution is -0.122. The average molecular weight is 365 g/mol. The van der Waals surface area contributed by atoms with Crippen molar-refractivity contribution in [2.45, 2.75) is 18.8 Å². The molecule has 1 atom stereocenters. The van der Waals surface area contributed by atoms with Gasteiger partial charge in [0.15, 0.2) is 0 Å². The molecule has 2 aromatic rings. The summed E-state index contributed by atoms with van der Waals surface area (Å²) in [6.45, 7) is 4.18. The second-order valence-corrected chi connectivity index (χ2v) is 5.95. The van der Waals surface area contributed by atoms with Gasteiger partial charge in [-0.05, 0) is 22.8 Å². The van der Waals surface area contributed by atoms with E-state index in [0.717, 1.165) is 16.3 Å². The summed E-state index contributed by atoms with van der Waals surface area (Å²) < 4.78 is 5.02. The van der Waals surface area contributed by atoms with Gasteiger partial charge in [-0.2, -0.15) is 5.26 Å². The molecule has 140 valence electrons.